The number of nitrogens with one attached hydrogen (secondary N) is 1. The largest absolute Gasteiger partial charge is 0.495 e. The smallest absolute Gasteiger partial charge is 0.244 e. The van der Waals surface area contributed by atoms with Gasteiger partial charge in [0.25, 0.3) is 0 Å². The van der Waals surface area contributed by atoms with Gasteiger partial charge in [-0.15, -0.1) is 0 Å². The summed E-state index contributed by atoms with van der Waals surface area (Å²) in [7, 11) is -2.09. The van der Waals surface area contributed by atoms with Crippen molar-refractivity contribution in [3.05, 3.63) is 22.7 Å². The predicted octanol–water partition coefficient (Wildman–Crippen LogP) is 3.70. The van der Waals surface area contributed by atoms with Crippen molar-refractivity contribution < 1.29 is 13.2 Å². The van der Waals surface area contributed by atoms with Crippen LogP contribution in [-0.4, -0.2) is 21.1 Å². The number of hydrogen-bond donors (Lipinski definition) is 1. The van der Waals surface area contributed by atoms with Crippen LogP contribution in [0.5, 0.6) is 5.75 Å². The zero-order valence-electron chi connectivity index (χ0n) is 13.2. The molecule has 23 heavy (non-hydrogen) atoms. The lowest BCUT2D eigenvalue weighted by molar-refractivity contribution is -0.00811. The van der Waals surface area contributed by atoms with Crippen LogP contribution in [-0.2, 0) is 10.0 Å². The third kappa shape index (κ3) is 2.83. The van der Waals surface area contributed by atoms with Gasteiger partial charge in [-0.1, -0.05) is 15.9 Å². The summed E-state index contributed by atoms with van der Waals surface area (Å²) < 4.78 is 35.2. The Morgan fingerprint density at radius 2 is 1.70 bits per heavy atom. The molecule has 4 aliphatic rings. The van der Waals surface area contributed by atoms with Crippen molar-refractivity contribution in [2.75, 3.05) is 7.11 Å². The topological polar surface area (TPSA) is 55.4 Å². The minimum Gasteiger partial charge on any atom is -0.495 e. The lowest BCUT2D eigenvalue weighted by atomic mass is 9.53. The first kappa shape index (κ1) is 15.9. The van der Waals surface area contributed by atoms with E-state index in [0.29, 0.717) is 23.5 Å². The van der Waals surface area contributed by atoms with Crippen molar-refractivity contribution in [3.63, 3.8) is 0 Å². The van der Waals surface area contributed by atoms with E-state index in [4.69, 9.17) is 4.74 Å². The molecule has 1 aromatic carbocycles. The fraction of sp³-hybridized carbons (Fsp3) is 0.647. The molecule has 126 valence electrons. The number of methoxy groups -OCH3 is 1. The summed E-state index contributed by atoms with van der Waals surface area (Å²) in [5.41, 5.74) is -0.235. The molecule has 4 fully saturated rings. The first-order valence-corrected chi connectivity index (χ1v) is 10.5. The third-order valence-electron chi connectivity index (χ3n) is 5.80. The van der Waals surface area contributed by atoms with Crippen LogP contribution in [0.2, 0.25) is 0 Å². The molecule has 0 radical (unpaired) electrons. The van der Waals surface area contributed by atoms with Crippen LogP contribution in [0.4, 0.5) is 0 Å². The van der Waals surface area contributed by atoms with Gasteiger partial charge in [0.2, 0.25) is 10.0 Å². The molecule has 4 nitrogen and oxygen atoms in total. The van der Waals surface area contributed by atoms with Crippen LogP contribution >= 0.6 is 15.9 Å². The highest BCUT2D eigenvalue weighted by molar-refractivity contribution is 9.10. The van der Waals surface area contributed by atoms with Crippen molar-refractivity contribution in [2.24, 2.45) is 17.8 Å². The Morgan fingerprint density at radius 3 is 2.22 bits per heavy atom. The minimum atomic E-state index is -3.59. The normalized spacial score (nSPS) is 35.5. The fourth-order valence-corrected chi connectivity index (χ4v) is 7.58. The molecule has 4 saturated carbocycles. The summed E-state index contributed by atoms with van der Waals surface area (Å²) in [6.45, 7) is 0. The molecule has 1 aromatic rings. The summed E-state index contributed by atoms with van der Waals surface area (Å²) in [5, 5.41) is 0. The number of hydrogen-bond acceptors (Lipinski definition) is 3. The van der Waals surface area contributed by atoms with Gasteiger partial charge in [0, 0.05) is 10.0 Å². The number of ether oxygens (including phenoxy) is 1. The third-order valence-corrected chi connectivity index (χ3v) is 7.90. The molecule has 0 spiro atoms. The highest BCUT2D eigenvalue weighted by Gasteiger charge is 2.52. The van der Waals surface area contributed by atoms with E-state index < -0.39 is 10.0 Å². The monoisotopic (exact) mass is 399 g/mol. The molecule has 0 aliphatic heterocycles. The molecule has 6 heteroatoms. The Morgan fingerprint density at radius 1 is 1.13 bits per heavy atom. The van der Waals surface area contributed by atoms with Gasteiger partial charge in [-0.05, 0) is 74.5 Å². The Balaban J connectivity index is 1.67. The molecule has 0 saturated heterocycles. The summed E-state index contributed by atoms with van der Waals surface area (Å²) in [4.78, 5) is 0.227. The van der Waals surface area contributed by atoms with Crippen LogP contribution < -0.4 is 9.46 Å². The van der Waals surface area contributed by atoms with Gasteiger partial charge in [-0.2, -0.15) is 0 Å². The van der Waals surface area contributed by atoms with E-state index in [1.165, 1.54) is 26.4 Å². The molecule has 0 unspecified atom stereocenters. The highest BCUT2D eigenvalue weighted by atomic mass is 79.9. The standard InChI is InChI=1S/C17H22BrNO3S/c1-22-15-3-2-14(18)7-16(15)23(20,21)19-17-8-11-4-12(9-17)6-13(5-11)10-17/h2-3,7,11-13,19H,4-6,8-10H2,1H3. The van der Waals surface area contributed by atoms with Gasteiger partial charge >= 0.3 is 0 Å². The maximum absolute atomic E-state index is 13.0. The van der Waals surface area contributed by atoms with Crippen molar-refractivity contribution >= 4 is 26.0 Å². The zero-order valence-corrected chi connectivity index (χ0v) is 15.6. The highest BCUT2D eigenvalue weighted by Crippen LogP contribution is 2.56. The lowest BCUT2D eigenvalue weighted by Gasteiger charge is -2.56. The molecular formula is C17H22BrNO3S. The first-order chi connectivity index (χ1) is 10.9. The second-order valence-corrected chi connectivity index (χ2v) is 10.2. The number of sulfonamides is 1. The molecular weight excluding hydrogens is 378 g/mol. The van der Waals surface area contributed by atoms with Gasteiger partial charge in [-0.3, -0.25) is 0 Å². The average Bonchev–Trinajstić information content (AvgIpc) is 2.44. The SMILES string of the molecule is COc1ccc(Br)cc1S(=O)(=O)NC12CC3CC(CC(C3)C1)C2. The fourth-order valence-electron chi connectivity index (χ4n) is 5.44. The van der Waals surface area contributed by atoms with Crippen LogP contribution in [0, 0.1) is 17.8 Å². The van der Waals surface area contributed by atoms with E-state index in [1.54, 1.807) is 18.2 Å². The van der Waals surface area contributed by atoms with Gasteiger partial charge in [-0.25, -0.2) is 13.1 Å². The van der Waals surface area contributed by atoms with Crippen LogP contribution in [0.3, 0.4) is 0 Å². The molecule has 4 aliphatic carbocycles. The van der Waals surface area contributed by atoms with Crippen molar-refractivity contribution in [3.8, 4) is 5.75 Å². The predicted molar refractivity (Wildman–Crippen MR) is 91.9 cm³/mol. The van der Waals surface area contributed by atoms with Crippen molar-refractivity contribution in [2.45, 2.75) is 49.0 Å². The van der Waals surface area contributed by atoms with Gasteiger partial charge in [0.1, 0.15) is 10.6 Å². The minimum absolute atomic E-state index is 0.227. The van der Waals surface area contributed by atoms with Crippen LogP contribution in [0.25, 0.3) is 0 Å². The van der Waals surface area contributed by atoms with E-state index in [1.807, 2.05) is 0 Å². The van der Waals surface area contributed by atoms with Crippen molar-refractivity contribution in [1.82, 2.24) is 4.72 Å². The Bertz CT molecular complexity index is 696. The Labute approximate surface area is 146 Å². The molecule has 0 atom stereocenters. The van der Waals surface area contributed by atoms with Gasteiger partial charge in [0.05, 0.1) is 7.11 Å². The average molecular weight is 400 g/mol. The van der Waals surface area contributed by atoms with E-state index in [0.717, 1.165) is 23.7 Å². The first-order valence-electron chi connectivity index (χ1n) is 8.27. The summed E-state index contributed by atoms with van der Waals surface area (Å²) in [5.74, 6) is 2.50. The second kappa shape index (κ2) is 5.46. The molecule has 4 bridgehead atoms. The summed E-state index contributed by atoms with van der Waals surface area (Å²) >= 11 is 3.36. The number of halogens is 1. The maximum Gasteiger partial charge on any atom is 0.244 e. The maximum atomic E-state index is 13.0. The molecule has 1 N–H and O–H groups in total. The molecule has 0 aromatic heterocycles. The van der Waals surface area contributed by atoms with Crippen LogP contribution in [0.1, 0.15) is 38.5 Å². The Kier molecular flexibility index (Phi) is 3.78. The zero-order chi connectivity index (χ0) is 16.2. The quantitative estimate of drug-likeness (QED) is 0.839. The molecule has 0 heterocycles. The Hall–Kier alpha value is -0.590. The van der Waals surface area contributed by atoms with E-state index >= 15 is 0 Å². The van der Waals surface area contributed by atoms with E-state index in [9.17, 15) is 8.42 Å². The summed E-state index contributed by atoms with van der Waals surface area (Å²) in [6.07, 6.45) is 6.86. The number of benzene rings is 1. The van der Waals surface area contributed by atoms with Gasteiger partial charge in [0.15, 0.2) is 0 Å². The van der Waals surface area contributed by atoms with E-state index in [-0.39, 0.29) is 10.4 Å². The molecule has 0 amide bonds. The van der Waals surface area contributed by atoms with Crippen molar-refractivity contribution in [1.29, 1.82) is 0 Å². The molecule has 5 rings (SSSR count). The number of rotatable bonds is 4. The van der Waals surface area contributed by atoms with Gasteiger partial charge < -0.3 is 4.74 Å². The lowest BCUT2D eigenvalue weighted by Crippen LogP contribution is -2.59. The summed E-state index contributed by atoms with van der Waals surface area (Å²) in [6, 6.07) is 5.11. The van der Waals surface area contributed by atoms with E-state index in [2.05, 4.69) is 20.7 Å². The van der Waals surface area contributed by atoms with Crippen LogP contribution in [0.15, 0.2) is 27.6 Å². The second-order valence-electron chi connectivity index (χ2n) is 7.60.